The summed E-state index contributed by atoms with van der Waals surface area (Å²) in [6, 6.07) is 25.8. The van der Waals surface area contributed by atoms with Crippen LogP contribution in [-0.4, -0.2) is 0 Å². The summed E-state index contributed by atoms with van der Waals surface area (Å²) in [4.78, 5) is 0. The Bertz CT molecular complexity index is 764. The summed E-state index contributed by atoms with van der Waals surface area (Å²) in [6.07, 6.45) is 0. The maximum absolute atomic E-state index is 3.66. The third-order valence-electron chi connectivity index (χ3n) is 3.97. The average Bonchev–Trinajstić information content (AvgIpc) is 2.83. The van der Waals surface area contributed by atoms with Gasteiger partial charge in [-0.05, 0) is 40.5 Å². The second-order valence-electron chi connectivity index (χ2n) is 5.26. The van der Waals surface area contributed by atoms with Crippen molar-refractivity contribution >= 4 is 21.6 Å². The third-order valence-corrected chi connectivity index (χ3v) is 4.46. The Balaban J connectivity index is 1.82. The van der Waals surface area contributed by atoms with Crippen molar-refractivity contribution in [3.8, 4) is 11.1 Å². The van der Waals surface area contributed by atoms with E-state index in [4.69, 9.17) is 0 Å². The van der Waals surface area contributed by atoms with Crippen molar-refractivity contribution in [1.82, 2.24) is 0 Å². The minimum absolute atomic E-state index is 0.215. The fourth-order valence-electron chi connectivity index (χ4n) is 3.06. The van der Waals surface area contributed by atoms with Crippen LogP contribution < -0.4 is 5.32 Å². The van der Waals surface area contributed by atoms with Crippen molar-refractivity contribution in [3.63, 3.8) is 0 Å². The van der Waals surface area contributed by atoms with E-state index in [1.54, 1.807) is 0 Å². The molecule has 1 N–H and O–H groups in total. The average molecular weight is 336 g/mol. The maximum atomic E-state index is 3.66. The number of nitrogens with one attached hydrogen (secondary N) is 1. The fraction of sp³-hybridized carbons (Fsp3) is 0.0526. The Morgan fingerprint density at radius 3 is 1.95 bits per heavy atom. The van der Waals surface area contributed by atoms with Gasteiger partial charge in [-0.2, -0.15) is 0 Å². The predicted molar refractivity (Wildman–Crippen MR) is 91.5 cm³/mol. The van der Waals surface area contributed by atoms with Gasteiger partial charge in [-0.25, -0.2) is 0 Å². The first-order valence-corrected chi connectivity index (χ1v) is 7.82. The lowest BCUT2D eigenvalue weighted by atomic mass is 10.1. The molecule has 3 aromatic rings. The van der Waals surface area contributed by atoms with E-state index in [9.17, 15) is 0 Å². The molecule has 0 aliphatic heterocycles. The zero-order valence-electron chi connectivity index (χ0n) is 11.4. The molecule has 0 spiro atoms. The van der Waals surface area contributed by atoms with Gasteiger partial charge in [-0.1, -0.05) is 70.5 Å². The normalized spacial score (nSPS) is 12.8. The van der Waals surface area contributed by atoms with E-state index in [0.29, 0.717) is 0 Å². The molecule has 0 bridgehead atoms. The molecule has 0 heterocycles. The molecule has 1 aliphatic carbocycles. The molecule has 3 aromatic carbocycles. The van der Waals surface area contributed by atoms with Crippen molar-refractivity contribution in [2.24, 2.45) is 0 Å². The monoisotopic (exact) mass is 335 g/mol. The zero-order chi connectivity index (χ0) is 14.2. The number of hydrogen-bond acceptors (Lipinski definition) is 1. The second kappa shape index (κ2) is 5.05. The van der Waals surface area contributed by atoms with Crippen LogP contribution in [0.2, 0.25) is 0 Å². The van der Waals surface area contributed by atoms with E-state index in [0.717, 1.165) is 10.2 Å². The van der Waals surface area contributed by atoms with Crippen LogP contribution in [0.15, 0.2) is 77.3 Å². The molecule has 0 radical (unpaired) electrons. The lowest BCUT2D eigenvalue weighted by Crippen LogP contribution is -2.09. The molecule has 1 nitrogen and oxygen atoms in total. The molecule has 0 saturated heterocycles. The van der Waals surface area contributed by atoms with Crippen LogP contribution in [0.5, 0.6) is 0 Å². The molecular formula is C19H14BrN. The number of anilines is 1. The van der Waals surface area contributed by atoms with Gasteiger partial charge in [0, 0.05) is 10.2 Å². The summed E-state index contributed by atoms with van der Waals surface area (Å²) in [5.74, 6) is 0. The van der Waals surface area contributed by atoms with Gasteiger partial charge in [-0.3, -0.25) is 0 Å². The predicted octanol–water partition coefficient (Wildman–Crippen LogP) is 5.63. The summed E-state index contributed by atoms with van der Waals surface area (Å²) < 4.78 is 1.09. The Morgan fingerprint density at radius 2 is 1.33 bits per heavy atom. The van der Waals surface area contributed by atoms with Gasteiger partial charge in [0.1, 0.15) is 0 Å². The Morgan fingerprint density at radius 1 is 0.714 bits per heavy atom. The van der Waals surface area contributed by atoms with Crippen LogP contribution in [0.25, 0.3) is 11.1 Å². The summed E-state index contributed by atoms with van der Waals surface area (Å²) in [7, 11) is 0. The molecule has 102 valence electrons. The van der Waals surface area contributed by atoms with Gasteiger partial charge >= 0.3 is 0 Å². The van der Waals surface area contributed by atoms with E-state index < -0.39 is 0 Å². The molecule has 0 saturated carbocycles. The van der Waals surface area contributed by atoms with Crippen LogP contribution in [-0.2, 0) is 0 Å². The highest BCUT2D eigenvalue weighted by Crippen LogP contribution is 2.44. The lowest BCUT2D eigenvalue weighted by Gasteiger charge is -2.17. The van der Waals surface area contributed by atoms with Gasteiger partial charge in [0.15, 0.2) is 0 Å². The van der Waals surface area contributed by atoms with Gasteiger partial charge in [0.25, 0.3) is 0 Å². The summed E-state index contributed by atoms with van der Waals surface area (Å²) >= 11 is 3.53. The summed E-state index contributed by atoms with van der Waals surface area (Å²) in [6.45, 7) is 0. The summed E-state index contributed by atoms with van der Waals surface area (Å²) in [5.41, 5.74) is 6.49. The zero-order valence-corrected chi connectivity index (χ0v) is 13.0. The number of fused-ring (bicyclic) bond motifs is 3. The van der Waals surface area contributed by atoms with E-state index in [-0.39, 0.29) is 6.04 Å². The first kappa shape index (κ1) is 12.7. The topological polar surface area (TPSA) is 12.0 Å². The molecule has 0 unspecified atom stereocenters. The largest absolute Gasteiger partial charge is 0.374 e. The van der Waals surface area contributed by atoms with Crippen LogP contribution >= 0.6 is 15.9 Å². The maximum Gasteiger partial charge on any atom is 0.0779 e. The van der Waals surface area contributed by atoms with E-state index >= 15 is 0 Å². The minimum Gasteiger partial charge on any atom is -0.374 e. The van der Waals surface area contributed by atoms with Crippen LogP contribution in [0.3, 0.4) is 0 Å². The Kier molecular flexibility index (Phi) is 3.04. The van der Waals surface area contributed by atoms with E-state index in [1.165, 1.54) is 22.3 Å². The van der Waals surface area contributed by atoms with Crippen molar-refractivity contribution in [2.75, 3.05) is 5.32 Å². The highest BCUT2D eigenvalue weighted by Gasteiger charge is 2.27. The number of rotatable bonds is 2. The fourth-order valence-corrected chi connectivity index (χ4v) is 3.46. The quantitative estimate of drug-likeness (QED) is 0.639. The third kappa shape index (κ3) is 2.16. The first-order chi connectivity index (χ1) is 10.3. The molecule has 0 aromatic heterocycles. The number of hydrogen-bond donors (Lipinski definition) is 1. The summed E-state index contributed by atoms with van der Waals surface area (Å²) in [5, 5.41) is 3.66. The first-order valence-electron chi connectivity index (χ1n) is 7.03. The van der Waals surface area contributed by atoms with Crippen molar-refractivity contribution in [3.05, 3.63) is 88.4 Å². The van der Waals surface area contributed by atoms with Crippen LogP contribution in [0.1, 0.15) is 17.2 Å². The molecule has 0 amide bonds. The SMILES string of the molecule is Brc1cccc(NC2c3ccccc3-c3ccccc32)c1. The van der Waals surface area contributed by atoms with Gasteiger partial charge in [-0.15, -0.1) is 0 Å². The highest BCUT2D eigenvalue weighted by atomic mass is 79.9. The second-order valence-corrected chi connectivity index (χ2v) is 6.18. The smallest absolute Gasteiger partial charge is 0.0779 e. The minimum atomic E-state index is 0.215. The Hall–Kier alpha value is -2.06. The Labute approximate surface area is 132 Å². The molecule has 1 aliphatic rings. The molecule has 0 fully saturated rings. The van der Waals surface area contributed by atoms with Crippen LogP contribution in [0, 0.1) is 0 Å². The van der Waals surface area contributed by atoms with E-state index in [2.05, 4.69) is 88.0 Å². The number of benzene rings is 3. The molecule has 2 heteroatoms. The van der Waals surface area contributed by atoms with Gasteiger partial charge in [0.05, 0.1) is 6.04 Å². The highest BCUT2D eigenvalue weighted by molar-refractivity contribution is 9.10. The standard InChI is InChI=1S/C19H14BrN/c20-13-6-5-7-14(12-13)21-19-17-10-3-1-8-15(17)16-9-2-4-11-18(16)19/h1-12,19,21H. The lowest BCUT2D eigenvalue weighted by molar-refractivity contribution is 0.973. The molecule has 21 heavy (non-hydrogen) atoms. The van der Waals surface area contributed by atoms with Gasteiger partial charge in [0.2, 0.25) is 0 Å². The molecule has 4 rings (SSSR count). The molecule has 0 atom stereocenters. The van der Waals surface area contributed by atoms with Crippen molar-refractivity contribution in [2.45, 2.75) is 6.04 Å². The molecular weight excluding hydrogens is 322 g/mol. The van der Waals surface area contributed by atoms with Crippen molar-refractivity contribution in [1.29, 1.82) is 0 Å². The van der Waals surface area contributed by atoms with Gasteiger partial charge < -0.3 is 5.32 Å². The van der Waals surface area contributed by atoms with Crippen LogP contribution in [0.4, 0.5) is 5.69 Å². The van der Waals surface area contributed by atoms with E-state index in [1.807, 2.05) is 6.07 Å². The van der Waals surface area contributed by atoms with Crippen molar-refractivity contribution < 1.29 is 0 Å². The number of halogens is 1.